The molecule has 1 saturated heterocycles. The molecule has 0 atom stereocenters. The molecule has 1 fully saturated rings. The molecule has 1 aromatic rings. The number of likely N-dealkylation sites (tertiary alicyclic amines) is 1. The first-order chi connectivity index (χ1) is 10.3. The van der Waals surface area contributed by atoms with E-state index in [0.717, 1.165) is 0 Å². The quantitative estimate of drug-likeness (QED) is 0.847. The van der Waals surface area contributed by atoms with Crippen LogP contribution in [0, 0.1) is 0 Å². The fraction of sp³-hybridized carbons (Fsp3) is 0.615. The Labute approximate surface area is 130 Å². The van der Waals surface area contributed by atoms with Crippen LogP contribution in [0.25, 0.3) is 0 Å². The van der Waals surface area contributed by atoms with E-state index < -0.39 is 24.9 Å². The van der Waals surface area contributed by atoms with Crippen LogP contribution in [0.3, 0.4) is 0 Å². The van der Waals surface area contributed by atoms with Crippen LogP contribution in [0.1, 0.15) is 25.7 Å². The maximum absolute atomic E-state index is 12.1. The van der Waals surface area contributed by atoms with Crippen LogP contribution in [0.2, 0.25) is 5.02 Å². The lowest BCUT2D eigenvalue weighted by molar-refractivity contribution is -0.150. The van der Waals surface area contributed by atoms with Gasteiger partial charge in [0.2, 0.25) is 5.91 Å². The molecule has 0 spiro atoms. The summed E-state index contributed by atoms with van der Waals surface area (Å²) in [6.07, 6.45) is -2.15. The number of amides is 1. The third kappa shape index (κ3) is 5.32. The van der Waals surface area contributed by atoms with E-state index in [1.165, 1.54) is 17.3 Å². The maximum atomic E-state index is 12.1. The number of piperidine rings is 1. The maximum Gasteiger partial charge on any atom is 0.389 e. The Morgan fingerprint density at radius 2 is 1.91 bits per heavy atom. The number of halogens is 4. The van der Waals surface area contributed by atoms with Gasteiger partial charge in [-0.05, 0) is 0 Å². The summed E-state index contributed by atoms with van der Waals surface area (Å²) >= 11 is 5.67. The van der Waals surface area contributed by atoms with Crippen LogP contribution in [-0.2, 0) is 4.79 Å². The Morgan fingerprint density at radius 1 is 1.32 bits per heavy atom. The summed E-state index contributed by atoms with van der Waals surface area (Å²) < 4.78 is 41.9. The zero-order valence-corrected chi connectivity index (χ0v) is 12.4. The van der Waals surface area contributed by atoms with Crippen molar-refractivity contribution < 1.29 is 22.7 Å². The second kappa shape index (κ2) is 7.13. The normalized spacial score (nSPS) is 16.6. The van der Waals surface area contributed by atoms with Crippen molar-refractivity contribution in [2.45, 2.75) is 38.0 Å². The zero-order chi connectivity index (χ0) is 16.2. The van der Waals surface area contributed by atoms with Gasteiger partial charge in [-0.15, -0.1) is 0 Å². The summed E-state index contributed by atoms with van der Waals surface area (Å²) in [6.45, 7) is 0.740. The molecule has 1 amide bonds. The standard InChI is InChI=1S/C13H15ClF3N3O2/c14-9-7-18-12(19-8-9)22-10-2-5-20(6-3-10)11(21)1-4-13(15,16)17/h7-8,10H,1-6H2. The molecule has 1 aromatic heterocycles. The van der Waals surface area contributed by atoms with Crippen molar-refractivity contribution in [1.82, 2.24) is 14.9 Å². The fourth-order valence-electron chi connectivity index (χ4n) is 2.14. The molecular weight excluding hydrogens is 323 g/mol. The summed E-state index contributed by atoms with van der Waals surface area (Å²) in [4.78, 5) is 21.0. The Morgan fingerprint density at radius 3 is 2.45 bits per heavy atom. The Hall–Kier alpha value is -1.57. The molecule has 0 radical (unpaired) electrons. The smallest absolute Gasteiger partial charge is 0.389 e. The number of nitrogens with zero attached hydrogens (tertiary/aromatic N) is 3. The third-order valence-electron chi connectivity index (χ3n) is 3.29. The average molecular weight is 338 g/mol. The molecule has 22 heavy (non-hydrogen) atoms. The van der Waals surface area contributed by atoms with E-state index in [2.05, 4.69) is 9.97 Å². The van der Waals surface area contributed by atoms with Gasteiger partial charge in [0.05, 0.1) is 23.8 Å². The molecule has 122 valence electrons. The number of rotatable bonds is 4. The van der Waals surface area contributed by atoms with Gasteiger partial charge in [0.1, 0.15) is 6.10 Å². The van der Waals surface area contributed by atoms with E-state index in [1.807, 2.05) is 0 Å². The largest absolute Gasteiger partial charge is 0.460 e. The van der Waals surface area contributed by atoms with Gasteiger partial charge in [-0.2, -0.15) is 13.2 Å². The van der Waals surface area contributed by atoms with Gasteiger partial charge in [-0.3, -0.25) is 4.79 Å². The topological polar surface area (TPSA) is 55.3 Å². The second-order valence-electron chi connectivity index (χ2n) is 5.00. The minimum atomic E-state index is -4.30. The molecule has 2 heterocycles. The van der Waals surface area contributed by atoms with E-state index in [4.69, 9.17) is 16.3 Å². The molecule has 1 aliphatic rings. The number of aromatic nitrogens is 2. The number of hydrogen-bond donors (Lipinski definition) is 0. The number of hydrogen-bond acceptors (Lipinski definition) is 4. The van der Waals surface area contributed by atoms with E-state index in [1.54, 1.807) is 0 Å². The van der Waals surface area contributed by atoms with Crippen molar-refractivity contribution in [3.63, 3.8) is 0 Å². The van der Waals surface area contributed by atoms with Crippen molar-refractivity contribution in [2.24, 2.45) is 0 Å². The van der Waals surface area contributed by atoms with E-state index in [0.29, 0.717) is 31.0 Å². The first kappa shape index (κ1) is 16.8. The molecule has 9 heteroatoms. The van der Waals surface area contributed by atoms with Crippen LogP contribution in [0.15, 0.2) is 12.4 Å². The highest BCUT2D eigenvalue weighted by Crippen LogP contribution is 2.23. The summed E-state index contributed by atoms with van der Waals surface area (Å²) in [5.41, 5.74) is 0. The minimum Gasteiger partial charge on any atom is -0.460 e. The molecule has 0 saturated carbocycles. The number of carbonyl (C=O) groups excluding carboxylic acids is 1. The van der Waals surface area contributed by atoms with Crippen LogP contribution >= 0.6 is 11.6 Å². The van der Waals surface area contributed by atoms with Crippen LogP contribution in [0.4, 0.5) is 13.2 Å². The summed E-state index contributed by atoms with van der Waals surface area (Å²) in [7, 11) is 0. The first-order valence-corrected chi connectivity index (χ1v) is 7.20. The lowest BCUT2D eigenvalue weighted by atomic mass is 10.1. The molecule has 5 nitrogen and oxygen atoms in total. The van der Waals surface area contributed by atoms with Crippen LogP contribution in [-0.4, -0.2) is 46.1 Å². The van der Waals surface area contributed by atoms with Gasteiger partial charge in [0.15, 0.2) is 0 Å². The zero-order valence-electron chi connectivity index (χ0n) is 11.6. The first-order valence-electron chi connectivity index (χ1n) is 6.82. The fourth-order valence-corrected chi connectivity index (χ4v) is 2.24. The average Bonchev–Trinajstić information content (AvgIpc) is 2.47. The monoisotopic (exact) mass is 337 g/mol. The van der Waals surface area contributed by atoms with Crippen molar-refractivity contribution in [3.8, 4) is 6.01 Å². The van der Waals surface area contributed by atoms with Gasteiger partial charge < -0.3 is 9.64 Å². The lowest BCUT2D eigenvalue weighted by Crippen LogP contribution is -2.42. The van der Waals surface area contributed by atoms with Crippen LogP contribution < -0.4 is 4.74 Å². The molecule has 0 N–H and O–H groups in total. The number of ether oxygens (including phenoxy) is 1. The SMILES string of the molecule is O=C(CCC(F)(F)F)N1CCC(Oc2ncc(Cl)cn2)CC1. The summed E-state index contributed by atoms with van der Waals surface area (Å²) in [5, 5.41) is 0.400. The van der Waals surface area contributed by atoms with Gasteiger partial charge in [-0.1, -0.05) is 11.6 Å². The molecule has 0 bridgehead atoms. The second-order valence-corrected chi connectivity index (χ2v) is 5.43. The van der Waals surface area contributed by atoms with Gasteiger partial charge in [-0.25, -0.2) is 9.97 Å². The highest BCUT2D eigenvalue weighted by molar-refractivity contribution is 6.30. The molecule has 2 rings (SSSR count). The summed E-state index contributed by atoms with van der Waals surface area (Å²) in [5.74, 6) is -0.474. The van der Waals surface area contributed by atoms with Gasteiger partial charge in [0.25, 0.3) is 0 Å². The van der Waals surface area contributed by atoms with Crippen molar-refractivity contribution >= 4 is 17.5 Å². The van der Waals surface area contributed by atoms with Crippen molar-refractivity contribution in [2.75, 3.05) is 13.1 Å². The Kier molecular flexibility index (Phi) is 5.44. The van der Waals surface area contributed by atoms with E-state index >= 15 is 0 Å². The van der Waals surface area contributed by atoms with E-state index in [-0.39, 0.29) is 12.1 Å². The lowest BCUT2D eigenvalue weighted by Gasteiger charge is -2.31. The number of alkyl halides is 3. The van der Waals surface area contributed by atoms with E-state index in [9.17, 15) is 18.0 Å². The van der Waals surface area contributed by atoms with Crippen molar-refractivity contribution in [1.29, 1.82) is 0 Å². The predicted octanol–water partition coefficient (Wildman–Crippen LogP) is 2.84. The molecular formula is C13H15ClF3N3O2. The number of carbonyl (C=O) groups is 1. The summed E-state index contributed by atoms with van der Waals surface area (Å²) in [6, 6.07) is 0.200. The highest BCUT2D eigenvalue weighted by atomic mass is 35.5. The third-order valence-corrected chi connectivity index (χ3v) is 3.48. The molecule has 0 aliphatic carbocycles. The molecule has 1 aliphatic heterocycles. The predicted molar refractivity (Wildman–Crippen MR) is 72.6 cm³/mol. The van der Waals surface area contributed by atoms with Gasteiger partial charge >= 0.3 is 12.2 Å². The molecule has 0 aromatic carbocycles. The molecule has 0 unspecified atom stereocenters. The van der Waals surface area contributed by atoms with Gasteiger partial charge in [0, 0.05) is 32.4 Å². The highest BCUT2D eigenvalue weighted by Gasteiger charge is 2.30. The Bertz CT molecular complexity index is 502. The van der Waals surface area contributed by atoms with Crippen molar-refractivity contribution in [3.05, 3.63) is 17.4 Å². The van der Waals surface area contributed by atoms with Crippen LogP contribution in [0.5, 0.6) is 6.01 Å². The Balaban J connectivity index is 1.75. The minimum absolute atomic E-state index is 0.159.